The molecule has 0 unspecified atom stereocenters. The van der Waals surface area contributed by atoms with Crippen molar-refractivity contribution < 1.29 is 19.1 Å². The molecule has 0 radical (unpaired) electrons. The topological polar surface area (TPSA) is 96.3 Å². The number of nitrogens with one attached hydrogen (secondary N) is 1. The first-order valence-corrected chi connectivity index (χ1v) is 9.05. The largest absolute Gasteiger partial charge is 0.455 e. The van der Waals surface area contributed by atoms with Crippen molar-refractivity contribution in [2.75, 3.05) is 11.9 Å². The molecular weight excluding hydrogens is 356 g/mol. The molecule has 7 heteroatoms. The number of ketones is 1. The van der Waals surface area contributed by atoms with Gasteiger partial charge in [-0.15, -0.1) is 0 Å². The summed E-state index contributed by atoms with van der Waals surface area (Å²) in [7, 11) is 0. The van der Waals surface area contributed by atoms with Crippen LogP contribution in [0, 0.1) is 29.1 Å². The number of halogens is 1. The molecule has 6 nitrogen and oxygen atoms in total. The predicted octanol–water partition coefficient (Wildman–Crippen LogP) is 3.09. The zero-order chi connectivity index (χ0) is 18.7. The molecule has 2 aliphatic carbocycles. The normalized spacial score (nSPS) is 24.5. The van der Waals surface area contributed by atoms with E-state index in [1.807, 2.05) is 6.07 Å². The van der Waals surface area contributed by atoms with E-state index in [9.17, 15) is 14.4 Å². The van der Waals surface area contributed by atoms with Crippen LogP contribution in [0.5, 0.6) is 0 Å². The first kappa shape index (κ1) is 18.4. The van der Waals surface area contributed by atoms with Crippen LogP contribution in [0.15, 0.2) is 18.2 Å². The lowest BCUT2D eigenvalue weighted by molar-refractivity contribution is -0.155. The Morgan fingerprint density at radius 1 is 1.27 bits per heavy atom. The highest BCUT2D eigenvalue weighted by molar-refractivity contribution is 6.31. The Morgan fingerprint density at radius 3 is 2.62 bits per heavy atom. The minimum atomic E-state index is -0.538. The van der Waals surface area contributed by atoms with Crippen LogP contribution >= 0.6 is 11.6 Å². The molecule has 26 heavy (non-hydrogen) atoms. The number of carbonyl (C=O) groups excluding carboxylic acids is 3. The Kier molecular flexibility index (Phi) is 5.58. The molecule has 2 atom stereocenters. The van der Waals surface area contributed by atoms with Crippen LogP contribution < -0.4 is 5.32 Å². The van der Waals surface area contributed by atoms with Crippen molar-refractivity contribution in [2.24, 2.45) is 17.8 Å². The van der Waals surface area contributed by atoms with Gasteiger partial charge in [-0.25, -0.2) is 0 Å². The second-order valence-electron chi connectivity index (χ2n) is 6.85. The van der Waals surface area contributed by atoms with Gasteiger partial charge in [-0.2, -0.15) is 5.26 Å². The molecule has 1 aromatic rings. The number of nitrogens with zero attached hydrogens (tertiary/aromatic N) is 1. The van der Waals surface area contributed by atoms with Gasteiger partial charge < -0.3 is 10.1 Å². The lowest BCUT2D eigenvalue weighted by Crippen LogP contribution is -2.40. The zero-order valence-electron chi connectivity index (χ0n) is 14.2. The van der Waals surface area contributed by atoms with Gasteiger partial charge in [0.05, 0.1) is 17.2 Å². The number of Topliss-reactive ketones (excluding diaryl/α,β-unsaturated/α-hetero) is 1. The third-order valence-corrected chi connectivity index (χ3v) is 5.34. The van der Waals surface area contributed by atoms with E-state index in [1.165, 1.54) is 12.1 Å². The fourth-order valence-corrected chi connectivity index (χ4v) is 4.00. The summed E-state index contributed by atoms with van der Waals surface area (Å²) >= 11 is 5.87. The maximum absolute atomic E-state index is 12.3. The van der Waals surface area contributed by atoms with E-state index in [-0.39, 0.29) is 34.8 Å². The van der Waals surface area contributed by atoms with E-state index in [1.54, 1.807) is 6.07 Å². The van der Waals surface area contributed by atoms with Gasteiger partial charge in [-0.05, 0) is 43.9 Å². The average Bonchev–Trinajstić information content (AvgIpc) is 2.59. The van der Waals surface area contributed by atoms with E-state index in [4.69, 9.17) is 21.6 Å². The van der Waals surface area contributed by atoms with E-state index in [2.05, 4.69) is 5.32 Å². The van der Waals surface area contributed by atoms with Crippen LogP contribution in [0.1, 0.15) is 37.7 Å². The standard InChI is InChI=1S/C19H19ClN2O4/c20-15-5-4-13(9-21)16(8-15)22-17(23)10-26-19(25)14-6-11-2-1-3-12(7-14)18(11)24/h4-5,8,11-12,14H,1-3,6-7,10H2,(H,22,23)/t11-,12-/m1/s1. The number of amides is 1. The Hall–Kier alpha value is -2.39. The van der Waals surface area contributed by atoms with E-state index in [0.29, 0.717) is 17.9 Å². The molecule has 0 aliphatic heterocycles. The third kappa shape index (κ3) is 4.05. The minimum Gasteiger partial charge on any atom is -0.455 e. The second kappa shape index (κ2) is 7.88. The van der Waals surface area contributed by atoms with Crippen LogP contribution in [0.25, 0.3) is 0 Å². The maximum Gasteiger partial charge on any atom is 0.309 e. The van der Waals surface area contributed by atoms with E-state index >= 15 is 0 Å². The van der Waals surface area contributed by atoms with Crippen molar-refractivity contribution in [2.45, 2.75) is 32.1 Å². The number of ether oxygens (including phenoxy) is 1. The summed E-state index contributed by atoms with van der Waals surface area (Å²) in [6.45, 7) is -0.435. The van der Waals surface area contributed by atoms with Crippen molar-refractivity contribution in [3.05, 3.63) is 28.8 Å². The van der Waals surface area contributed by atoms with Gasteiger partial charge in [-0.3, -0.25) is 14.4 Å². The lowest BCUT2D eigenvalue weighted by atomic mass is 9.67. The second-order valence-corrected chi connectivity index (χ2v) is 7.29. The van der Waals surface area contributed by atoms with Gasteiger partial charge in [-0.1, -0.05) is 18.0 Å². The summed E-state index contributed by atoms with van der Waals surface area (Å²) in [6, 6.07) is 6.48. The summed E-state index contributed by atoms with van der Waals surface area (Å²) in [4.78, 5) is 36.4. The van der Waals surface area contributed by atoms with Crippen molar-refractivity contribution in [1.29, 1.82) is 5.26 Å². The molecule has 0 aromatic heterocycles. The summed E-state index contributed by atoms with van der Waals surface area (Å²) in [5.41, 5.74) is 0.548. The smallest absolute Gasteiger partial charge is 0.309 e. The van der Waals surface area contributed by atoms with Crippen molar-refractivity contribution in [3.8, 4) is 6.07 Å². The van der Waals surface area contributed by atoms with Gasteiger partial charge in [0.1, 0.15) is 11.9 Å². The Balaban J connectivity index is 1.53. The maximum atomic E-state index is 12.3. The van der Waals surface area contributed by atoms with Crippen LogP contribution in [-0.2, 0) is 19.1 Å². The molecular formula is C19H19ClN2O4. The molecule has 2 saturated carbocycles. The molecule has 0 saturated heterocycles. The molecule has 2 aliphatic rings. The Morgan fingerprint density at radius 2 is 1.96 bits per heavy atom. The monoisotopic (exact) mass is 374 g/mol. The molecule has 0 spiro atoms. The number of hydrogen-bond donors (Lipinski definition) is 1. The van der Waals surface area contributed by atoms with Gasteiger partial charge >= 0.3 is 5.97 Å². The Bertz CT molecular complexity index is 770. The van der Waals surface area contributed by atoms with Crippen molar-refractivity contribution in [1.82, 2.24) is 0 Å². The molecule has 1 amide bonds. The molecule has 0 heterocycles. The molecule has 3 rings (SSSR count). The number of hydrogen-bond acceptors (Lipinski definition) is 5. The number of rotatable bonds is 4. The molecule has 136 valence electrons. The lowest BCUT2D eigenvalue weighted by Gasteiger charge is -2.36. The summed E-state index contributed by atoms with van der Waals surface area (Å²) in [5.74, 6) is -1.10. The first-order valence-electron chi connectivity index (χ1n) is 8.67. The molecule has 1 N–H and O–H groups in total. The highest BCUT2D eigenvalue weighted by Gasteiger charge is 2.41. The average molecular weight is 375 g/mol. The van der Waals surface area contributed by atoms with Crippen molar-refractivity contribution in [3.63, 3.8) is 0 Å². The molecule has 2 fully saturated rings. The van der Waals surface area contributed by atoms with Crippen LogP contribution in [-0.4, -0.2) is 24.3 Å². The summed E-state index contributed by atoms with van der Waals surface area (Å²) in [6.07, 6.45) is 3.74. The number of anilines is 1. The predicted molar refractivity (Wildman–Crippen MR) is 94.3 cm³/mol. The first-order chi connectivity index (χ1) is 12.5. The number of nitriles is 1. The van der Waals surface area contributed by atoms with Crippen LogP contribution in [0.3, 0.4) is 0 Å². The quantitative estimate of drug-likeness (QED) is 0.817. The molecule has 1 aromatic carbocycles. The van der Waals surface area contributed by atoms with Crippen LogP contribution in [0.4, 0.5) is 5.69 Å². The fourth-order valence-electron chi connectivity index (χ4n) is 3.83. The SMILES string of the molecule is N#Cc1ccc(Cl)cc1NC(=O)COC(=O)C1C[C@H]2CCC[C@H](C1)C2=O. The number of fused-ring (bicyclic) bond motifs is 2. The number of esters is 1. The summed E-state index contributed by atoms with van der Waals surface area (Å²) < 4.78 is 5.14. The van der Waals surface area contributed by atoms with E-state index in [0.717, 1.165) is 19.3 Å². The fraction of sp³-hybridized carbons (Fsp3) is 0.474. The van der Waals surface area contributed by atoms with Gasteiger partial charge in [0.25, 0.3) is 5.91 Å². The number of carbonyl (C=O) groups is 3. The van der Waals surface area contributed by atoms with Crippen LogP contribution in [0.2, 0.25) is 5.02 Å². The highest BCUT2D eigenvalue weighted by atomic mass is 35.5. The van der Waals surface area contributed by atoms with Gasteiger partial charge in [0.15, 0.2) is 6.61 Å². The van der Waals surface area contributed by atoms with E-state index < -0.39 is 18.5 Å². The Labute approximate surface area is 156 Å². The third-order valence-electron chi connectivity index (χ3n) is 5.10. The molecule has 2 bridgehead atoms. The van der Waals surface area contributed by atoms with Crippen molar-refractivity contribution >= 4 is 34.9 Å². The number of benzene rings is 1. The highest BCUT2D eigenvalue weighted by Crippen LogP contribution is 2.40. The van der Waals surface area contributed by atoms with Gasteiger partial charge in [0.2, 0.25) is 0 Å². The zero-order valence-corrected chi connectivity index (χ0v) is 14.9. The van der Waals surface area contributed by atoms with Gasteiger partial charge in [0, 0.05) is 16.9 Å². The minimum absolute atomic E-state index is 0.0430. The summed E-state index contributed by atoms with van der Waals surface area (Å²) in [5, 5.41) is 12.0.